The van der Waals surface area contributed by atoms with Crippen LogP contribution in [-0.2, 0) is 9.59 Å². The van der Waals surface area contributed by atoms with Crippen molar-refractivity contribution >= 4 is 35.0 Å². The molecule has 4 rings (SSSR count). The maximum atomic E-state index is 14.5. The first-order valence-electron chi connectivity index (χ1n) is 10.1. The summed E-state index contributed by atoms with van der Waals surface area (Å²) in [5.74, 6) is -1.53. The molecule has 33 heavy (non-hydrogen) atoms. The van der Waals surface area contributed by atoms with Gasteiger partial charge < -0.3 is 10.1 Å². The van der Waals surface area contributed by atoms with E-state index in [1.165, 1.54) is 25.3 Å². The molecule has 1 aliphatic rings. The van der Waals surface area contributed by atoms with Crippen LogP contribution in [-0.4, -0.2) is 28.9 Å². The van der Waals surface area contributed by atoms with Crippen molar-refractivity contribution in [1.29, 1.82) is 0 Å². The standard InChI is InChI=1S/C24H21FN4O3S/c1-13-9-10-19(32-4)17(11-13)28-20-21(33-24-26-14(2)12-15(3)27-24)23(31)29(22(20)30)18-8-6-5-7-16(18)25/h5-12,28H,1-4H3. The maximum absolute atomic E-state index is 14.5. The van der Waals surface area contributed by atoms with Crippen LogP contribution in [0.4, 0.5) is 15.8 Å². The van der Waals surface area contributed by atoms with E-state index in [0.717, 1.165) is 33.6 Å². The summed E-state index contributed by atoms with van der Waals surface area (Å²) in [5.41, 5.74) is 2.75. The average Bonchev–Trinajstić information content (AvgIpc) is 2.98. The number of benzene rings is 2. The number of aromatic nitrogens is 2. The van der Waals surface area contributed by atoms with Gasteiger partial charge in [0.1, 0.15) is 22.2 Å². The Morgan fingerprint density at radius 2 is 1.67 bits per heavy atom. The van der Waals surface area contributed by atoms with E-state index in [2.05, 4.69) is 15.3 Å². The fraction of sp³-hybridized carbons (Fsp3) is 0.167. The van der Waals surface area contributed by atoms with Crippen LogP contribution in [0, 0.1) is 26.6 Å². The van der Waals surface area contributed by atoms with Gasteiger partial charge in [-0.25, -0.2) is 19.3 Å². The number of anilines is 2. The Balaban J connectivity index is 1.82. The summed E-state index contributed by atoms with van der Waals surface area (Å²) in [5, 5.41) is 3.36. The fourth-order valence-corrected chi connectivity index (χ4v) is 4.43. The molecule has 9 heteroatoms. The quantitative estimate of drug-likeness (QED) is 0.424. The summed E-state index contributed by atoms with van der Waals surface area (Å²) < 4.78 is 19.9. The molecule has 2 heterocycles. The number of imide groups is 1. The second-order valence-corrected chi connectivity index (χ2v) is 8.44. The normalized spacial score (nSPS) is 13.7. The van der Waals surface area contributed by atoms with E-state index in [1.54, 1.807) is 18.2 Å². The monoisotopic (exact) mass is 464 g/mol. The lowest BCUT2D eigenvalue weighted by Crippen LogP contribution is -2.33. The van der Waals surface area contributed by atoms with Crippen molar-refractivity contribution in [3.05, 3.63) is 81.9 Å². The van der Waals surface area contributed by atoms with Crippen molar-refractivity contribution in [3.8, 4) is 5.75 Å². The van der Waals surface area contributed by atoms with E-state index >= 15 is 0 Å². The fourth-order valence-electron chi connectivity index (χ4n) is 3.45. The Hall–Kier alpha value is -3.72. The molecule has 0 fully saturated rings. The largest absolute Gasteiger partial charge is 0.495 e. The Kier molecular flexibility index (Phi) is 6.15. The van der Waals surface area contributed by atoms with Crippen LogP contribution < -0.4 is 15.0 Å². The summed E-state index contributed by atoms with van der Waals surface area (Å²) in [4.78, 5) is 36.4. The molecule has 0 bridgehead atoms. The number of amides is 2. The van der Waals surface area contributed by atoms with Crippen molar-refractivity contribution in [2.45, 2.75) is 25.9 Å². The van der Waals surface area contributed by atoms with Gasteiger partial charge in [0, 0.05) is 11.4 Å². The molecule has 0 aliphatic carbocycles. The summed E-state index contributed by atoms with van der Waals surface area (Å²) in [6.07, 6.45) is 0. The molecular formula is C24H21FN4O3S. The Labute approximate surface area is 194 Å². The number of methoxy groups -OCH3 is 1. The third kappa shape index (κ3) is 4.45. The lowest BCUT2D eigenvalue weighted by molar-refractivity contribution is -0.120. The number of rotatable bonds is 6. The van der Waals surface area contributed by atoms with Crippen LogP contribution in [0.5, 0.6) is 5.75 Å². The predicted octanol–water partition coefficient (Wildman–Crippen LogP) is 4.54. The van der Waals surface area contributed by atoms with Gasteiger partial charge in [0.2, 0.25) is 0 Å². The number of ether oxygens (including phenoxy) is 1. The number of para-hydroxylation sites is 1. The number of halogens is 1. The van der Waals surface area contributed by atoms with Crippen LogP contribution in [0.15, 0.2) is 64.3 Å². The summed E-state index contributed by atoms with van der Waals surface area (Å²) >= 11 is 0.960. The third-order valence-electron chi connectivity index (χ3n) is 4.90. The van der Waals surface area contributed by atoms with E-state index in [4.69, 9.17) is 4.74 Å². The number of aryl methyl sites for hydroxylation is 3. The zero-order chi connectivity index (χ0) is 23.7. The van der Waals surface area contributed by atoms with Gasteiger partial charge in [-0.1, -0.05) is 18.2 Å². The molecule has 0 radical (unpaired) electrons. The predicted molar refractivity (Wildman–Crippen MR) is 125 cm³/mol. The molecule has 0 unspecified atom stereocenters. The highest BCUT2D eigenvalue weighted by atomic mass is 32.2. The van der Waals surface area contributed by atoms with Gasteiger partial charge in [-0.3, -0.25) is 9.59 Å². The smallest absolute Gasteiger partial charge is 0.283 e. The highest BCUT2D eigenvalue weighted by Crippen LogP contribution is 2.38. The van der Waals surface area contributed by atoms with Crippen molar-refractivity contribution in [1.82, 2.24) is 9.97 Å². The minimum atomic E-state index is -0.680. The van der Waals surface area contributed by atoms with E-state index in [9.17, 15) is 14.0 Å². The first-order chi connectivity index (χ1) is 15.8. The average molecular weight is 465 g/mol. The second-order valence-electron chi connectivity index (χ2n) is 7.47. The van der Waals surface area contributed by atoms with E-state index in [0.29, 0.717) is 16.6 Å². The molecule has 2 amide bonds. The molecule has 3 aromatic rings. The molecule has 0 saturated carbocycles. The third-order valence-corrected chi connectivity index (χ3v) is 5.85. The number of hydrogen-bond donors (Lipinski definition) is 1. The van der Waals surface area contributed by atoms with Crippen LogP contribution in [0.25, 0.3) is 0 Å². The second kappa shape index (κ2) is 9.03. The van der Waals surface area contributed by atoms with Crippen LogP contribution >= 0.6 is 11.8 Å². The number of thioether (sulfide) groups is 1. The SMILES string of the molecule is COc1ccc(C)cc1NC1=C(Sc2nc(C)cc(C)n2)C(=O)N(c2ccccc2F)C1=O. The molecular weight excluding hydrogens is 443 g/mol. The minimum Gasteiger partial charge on any atom is -0.495 e. The zero-order valence-electron chi connectivity index (χ0n) is 18.5. The number of carbonyl (C=O) groups is 2. The van der Waals surface area contributed by atoms with E-state index in [1.807, 2.05) is 32.9 Å². The summed E-state index contributed by atoms with van der Waals surface area (Å²) in [7, 11) is 1.51. The summed E-state index contributed by atoms with van der Waals surface area (Å²) in [6.45, 7) is 5.53. The number of nitrogens with zero attached hydrogens (tertiary/aromatic N) is 3. The molecule has 1 aliphatic heterocycles. The van der Waals surface area contributed by atoms with Crippen molar-refractivity contribution in [2.24, 2.45) is 0 Å². The van der Waals surface area contributed by atoms with Crippen LogP contribution in [0.1, 0.15) is 17.0 Å². The lowest BCUT2D eigenvalue weighted by atomic mass is 10.2. The molecule has 0 saturated heterocycles. The van der Waals surface area contributed by atoms with Crippen LogP contribution in [0.3, 0.4) is 0 Å². The van der Waals surface area contributed by atoms with E-state index in [-0.39, 0.29) is 16.3 Å². The molecule has 7 nitrogen and oxygen atoms in total. The Morgan fingerprint density at radius 3 is 2.33 bits per heavy atom. The lowest BCUT2D eigenvalue weighted by Gasteiger charge is -2.16. The van der Waals surface area contributed by atoms with Gasteiger partial charge >= 0.3 is 0 Å². The van der Waals surface area contributed by atoms with Gasteiger partial charge in [-0.05, 0) is 68.4 Å². The summed E-state index contributed by atoms with van der Waals surface area (Å²) in [6, 6.07) is 12.9. The topological polar surface area (TPSA) is 84.4 Å². The molecule has 168 valence electrons. The Morgan fingerprint density at radius 1 is 0.970 bits per heavy atom. The Bertz CT molecular complexity index is 1290. The van der Waals surface area contributed by atoms with Crippen molar-refractivity contribution < 1.29 is 18.7 Å². The molecule has 1 aromatic heterocycles. The van der Waals surface area contributed by atoms with Gasteiger partial charge in [-0.2, -0.15) is 0 Å². The van der Waals surface area contributed by atoms with Gasteiger partial charge in [0.25, 0.3) is 11.8 Å². The zero-order valence-corrected chi connectivity index (χ0v) is 19.3. The van der Waals surface area contributed by atoms with Gasteiger partial charge in [0.15, 0.2) is 5.16 Å². The number of nitrogens with one attached hydrogen (secondary N) is 1. The number of hydrogen-bond acceptors (Lipinski definition) is 7. The highest BCUT2D eigenvalue weighted by Gasteiger charge is 2.42. The van der Waals surface area contributed by atoms with Crippen LogP contribution in [0.2, 0.25) is 0 Å². The van der Waals surface area contributed by atoms with E-state index < -0.39 is 17.6 Å². The molecule has 0 atom stereocenters. The highest BCUT2D eigenvalue weighted by molar-refractivity contribution is 8.04. The van der Waals surface area contributed by atoms with Gasteiger partial charge in [-0.15, -0.1) is 0 Å². The number of carbonyl (C=O) groups excluding carboxylic acids is 2. The molecule has 2 aromatic carbocycles. The maximum Gasteiger partial charge on any atom is 0.283 e. The van der Waals surface area contributed by atoms with Crippen molar-refractivity contribution in [3.63, 3.8) is 0 Å². The molecule has 0 spiro atoms. The minimum absolute atomic E-state index is 0.0000813. The van der Waals surface area contributed by atoms with Gasteiger partial charge in [0.05, 0.1) is 18.5 Å². The molecule has 1 N–H and O–H groups in total. The first kappa shape index (κ1) is 22.5. The first-order valence-corrected chi connectivity index (χ1v) is 10.9. The van der Waals surface area contributed by atoms with Crippen molar-refractivity contribution in [2.75, 3.05) is 17.3 Å².